The molecule has 15 heavy (non-hydrogen) atoms. The molecule has 91 valence electrons. The van der Waals surface area contributed by atoms with Crippen LogP contribution in [-0.2, 0) is 4.79 Å². The van der Waals surface area contributed by atoms with Gasteiger partial charge < -0.3 is 5.11 Å². The molecule has 0 saturated heterocycles. The van der Waals surface area contributed by atoms with Crippen LogP contribution in [0.5, 0.6) is 0 Å². The van der Waals surface area contributed by atoms with E-state index in [0.29, 0.717) is 0 Å². The number of hydrogen-bond donors (Lipinski definition) is 1. The molecule has 0 heterocycles. The van der Waals surface area contributed by atoms with Gasteiger partial charge in [-0.25, -0.2) is 0 Å². The van der Waals surface area contributed by atoms with Gasteiger partial charge in [0.2, 0.25) is 0 Å². The first kappa shape index (κ1) is 17.7. The Labute approximate surface area is 102 Å². The summed E-state index contributed by atoms with van der Waals surface area (Å²) in [4.78, 5) is 9.00. The van der Waals surface area contributed by atoms with Gasteiger partial charge in [0.15, 0.2) is 0 Å². The van der Waals surface area contributed by atoms with E-state index >= 15 is 0 Å². The van der Waals surface area contributed by atoms with Crippen LogP contribution in [0, 0.1) is 0 Å². The summed E-state index contributed by atoms with van der Waals surface area (Å²) in [7, 11) is 0. The van der Waals surface area contributed by atoms with E-state index in [9.17, 15) is 0 Å². The van der Waals surface area contributed by atoms with E-state index in [2.05, 4.69) is 20.8 Å². The van der Waals surface area contributed by atoms with Crippen LogP contribution >= 0.6 is 0 Å². The van der Waals surface area contributed by atoms with E-state index in [1.807, 2.05) is 0 Å². The average molecular weight is 322 g/mol. The maximum atomic E-state index is 9.00. The van der Waals surface area contributed by atoms with Gasteiger partial charge in [-0.15, -0.1) is 0 Å². The van der Waals surface area contributed by atoms with Crippen molar-refractivity contribution >= 4 is 25.7 Å². The molecular weight excluding hydrogens is 295 g/mol. The average Bonchev–Trinajstić information content (AvgIpc) is 2.17. The fourth-order valence-corrected chi connectivity index (χ4v) is 6.99. The van der Waals surface area contributed by atoms with Gasteiger partial charge >= 0.3 is 79.5 Å². The van der Waals surface area contributed by atoms with Crippen molar-refractivity contribution in [3.8, 4) is 0 Å². The molecule has 0 aliphatic heterocycles. The van der Waals surface area contributed by atoms with Crippen LogP contribution in [0.4, 0.5) is 0 Å². The van der Waals surface area contributed by atoms with Gasteiger partial charge in [-0.3, -0.25) is 4.79 Å². The number of hydrogen-bond acceptors (Lipinski definition) is 1. The maximum absolute atomic E-state index is 9.00. The molecule has 0 saturated carbocycles. The molecular formula is C12H27O2Sn. The molecule has 0 fully saturated rings. The molecule has 0 spiro atoms. The van der Waals surface area contributed by atoms with Crippen molar-refractivity contribution in [3.05, 3.63) is 0 Å². The van der Waals surface area contributed by atoms with Crippen molar-refractivity contribution in [2.45, 2.75) is 66.7 Å². The van der Waals surface area contributed by atoms with E-state index in [0.717, 1.165) is 6.92 Å². The molecule has 0 aromatic heterocycles. The Morgan fingerprint density at radius 1 is 1.07 bits per heavy atom. The molecule has 0 amide bonds. The third-order valence-electron chi connectivity index (χ3n) is 2.38. The molecule has 0 rings (SSSR count). The van der Waals surface area contributed by atoms with Crippen molar-refractivity contribution in [1.29, 1.82) is 0 Å². The van der Waals surface area contributed by atoms with Crippen LogP contribution in [0.15, 0.2) is 0 Å². The van der Waals surface area contributed by atoms with Gasteiger partial charge in [0.05, 0.1) is 0 Å². The van der Waals surface area contributed by atoms with E-state index in [1.54, 1.807) is 19.7 Å². The van der Waals surface area contributed by atoms with Crippen LogP contribution in [0.2, 0.25) is 13.3 Å². The molecule has 0 unspecified atom stereocenters. The summed E-state index contributed by atoms with van der Waals surface area (Å²) in [6, 6.07) is 0. The molecule has 0 bridgehead atoms. The van der Waals surface area contributed by atoms with Crippen LogP contribution < -0.4 is 0 Å². The molecule has 1 radical (unpaired) electrons. The minimum atomic E-state index is -0.833. The van der Waals surface area contributed by atoms with Gasteiger partial charge in [0, 0.05) is 6.92 Å². The Kier molecular flexibility index (Phi) is 16.8. The van der Waals surface area contributed by atoms with Crippen LogP contribution in [0.25, 0.3) is 0 Å². The van der Waals surface area contributed by atoms with Crippen LogP contribution in [0.1, 0.15) is 53.4 Å². The molecule has 0 atom stereocenters. The van der Waals surface area contributed by atoms with Crippen LogP contribution in [-0.4, -0.2) is 30.8 Å². The number of unbranched alkanes of at least 4 members (excludes halogenated alkanes) is 3. The SMILES string of the molecule is CC(=O)O.CCCCC[CH2][Sn]([CH2]C)[CH2]C. The predicted molar refractivity (Wildman–Crippen MR) is 69.0 cm³/mol. The van der Waals surface area contributed by atoms with E-state index in [-0.39, 0.29) is 0 Å². The van der Waals surface area contributed by atoms with Gasteiger partial charge in [0.25, 0.3) is 5.97 Å². The summed E-state index contributed by atoms with van der Waals surface area (Å²) in [6.45, 7) is 8.18. The van der Waals surface area contributed by atoms with Crippen molar-refractivity contribution < 1.29 is 9.90 Å². The number of carbonyl (C=O) groups is 1. The van der Waals surface area contributed by atoms with Crippen molar-refractivity contribution in [2.24, 2.45) is 0 Å². The zero-order chi connectivity index (χ0) is 12.1. The van der Waals surface area contributed by atoms with Crippen molar-refractivity contribution in [1.82, 2.24) is 0 Å². The van der Waals surface area contributed by atoms with Gasteiger partial charge in [-0.1, -0.05) is 0 Å². The zero-order valence-corrected chi connectivity index (χ0v) is 13.7. The summed E-state index contributed by atoms with van der Waals surface area (Å²) in [6.07, 6.45) is 5.89. The Balaban J connectivity index is 0. The first-order chi connectivity index (χ1) is 7.08. The summed E-state index contributed by atoms with van der Waals surface area (Å²) in [5.41, 5.74) is 0. The van der Waals surface area contributed by atoms with Crippen LogP contribution in [0.3, 0.4) is 0 Å². The zero-order valence-electron chi connectivity index (χ0n) is 10.8. The molecule has 0 aromatic rings. The minimum absolute atomic E-state index is 0.751. The fourth-order valence-electron chi connectivity index (χ4n) is 1.41. The first-order valence-electron chi connectivity index (χ1n) is 6.11. The summed E-state index contributed by atoms with van der Waals surface area (Å²) >= 11 is -0.751. The van der Waals surface area contributed by atoms with Gasteiger partial charge in [-0.2, -0.15) is 0 Å². The van der Waals surface area contributed by atoms with Gasteiger partial charge in [-0.05, 0) is 0 Å². The second-order valence-electron chi connectivity index (χ2n) is 3.79. The Morgan fingerprint density at radius 2 is 1.53 bits per heavy atom. The second-order valence-corrected chi connectivity index (χ2v) is 13.5. The van der Waals surface area contributed by atoms with Crippen molar-refractivity contribution in [2.75, 3.05) is 0 Å². The van der Waals surface area contributed by atoms with E-state index in [4.69, 9.17) is 9.90 Å². The van der Waals surface area contributed by atoms with Crippen molar-refractivity contribution in [3.63, 3.8) is 0 Å². The summed E-state index contributed by atoms with van der Waals surface area (Å²) in [5, 5.41) is 7.42. The molecule has 0 aliphatic rings. The molecule has 0 aromatic carbocycles. The number of carboxylic acids is 1. The third-order valence-corrected chi connectivity index (χ3v) is 11.1. The Morgan fingerprint density at radius 3 is 1.87 bits per heavy atom. The summed E-state index contributed by atoms with van der Waals surface area (Å²) in [5.74, 6) is -0.833. The number of rotatable bonds is 7. The molecule has 0 aliphatic carbocycles. The molecule has 1 N–H and O–H groups in total. The Bertz CT molecular complexity index is 130. The topological polar surface area (TPSA) is 37.3 Å². The third kappa shape index (κ3) is 20.4. The predicted octanol–water partition coefficient (Wildman–Crippen LogP) is 4.19. The van der Waals surface area contributed by atoms with E-state index < -0.39 is 25.7 Å². The Hall–Kier alpha value is 0.269. The second kappa shape index (κ2) is 14.3. The number of carboxylic acid groups (broad SMARTS) is 1. The number of aliphatic carboxylic acids is 1. The summed E-state index contributed by atoms with van der Waals surface area (Å²) < 4.78 is 4.81. The monoisotopic (exact) mass is 323 g/mol. The van der Waals surface area contributed by atoms with E-state index in [1.165, 1.54) is 19.3 Å². The standard InChI is InChI=1S/C6H13.C2H4O2.2C2H5.Sn/c1-3-5-6-4-2;1-2(3)4;2*1-2;/h1,3-6H2,2H3;1H3,(H,3,4);2*1H2,2H3;. The quantitative estimate of drug-likeness (QED) is 0.564. The normalized spacial score (nSPS) is 9.67. The molecule has 3 heteroatoms. The molecule has 2 nitrogen and oxygen atoms in total. The first-order valence-corrected chi connectivity index (χ1v) is 12.2. The fraction of sp³-hybridized carbons (Fsp3) is 0.917. The van der Waals surface area contributed by atoms with Gasteiger partial charge in [0.1, 0.15) is 0 Å².